The normalized spacial score (nSPS) is 22.2. The lowest BCUT2D eigenvalue weighted by Gasteiger charge is -2.23. The van der Waals surface area contributed by atoms with Gasteiger partial charge in [-0.15, -0.1) is 0 Å². The van der Waals surface area contributed by atoms with Crippen LogP contribution in [0.3, 0.4) is 0 Å². The van der Waals surface area contributed by atoms with Crippen molar-refractivity contribution in [3.05, 3.63) is 27.1 Å². The summed E-state index contributed by atoms with van der Waals surface area (Å²) in [6.07, 6.45) is 2.84. The molecule has 1 unspecified atom stereocenters. The Kier molecular flexibility index (Phi) is 2.98. The van der Waals surface area contributed by atoms with E-state index < -0.39 is 0 Å². The Morgan fingerprint density at radius 2 is 2.36 bits per heavy atom. The third kappa shape index (κ3) is 2.04. The Balaban J connectivity index is 2.29. The second-order valence-corrected chi connectivity index (χ2v) is 4.07. The van der Waals surface area contributed by atoms with Crippen LogP contribution in [-0.4, -0.2) is 16.4 Å². The van der Waals surface area contributed by atoms with E-state index in [4.69, 9.17) is 4.74 Å². The first kappa shape index (κ1) is 9.86. The zero-order valence-corrected chi connectivity index (χ0v) is 9.24. The van der Waals surface area contributed by atoms with Gasteiger partial charge >= 0.3 is 0 Å². The van der Waals surface area contributed by atoms with E-state index in [0.29, 0.717) is 11.2 Å². The maximum atomic E-state index is 11.5. The highest BCUT2D eigenvalue weighted by atomic mass is 79.9. The van der Waals surface area contributed by atoms with Gasteiger partial charge in [0.25, 0.3) is 5.56 Å². The Hall–Kier alpha value is -0.680. The van der Waals surface area contributed by atoms with E-state index in [2.05, 4.69) is 21.0 Å². The summed E-state index contributed by atoms with van der Waals surface area (Å²) in [5.74, 6) is 0. The molecule has 0 N–H and O–H groups in total. The molecule has 76 valence electrons. The van der Waals surface area contributed by atoms with Gasteiger partial charge < -0.3 is 4.74 Å². The third-order valence-corrected chi connectivity index (χ3v) is 2.64. The van der Waals surface area contributed by atoms with Crippen molar-refractivity contribution in [1.29, 1.82) is 0 Å². The molecule has 14 heavy (non-hydrogen) atoms. The molecule has 0 radical (unpaired) electrons. The van der Waals surface area contributed by atoms with Crippen molar-refractivity contribution < 1.29 is 4.74 Å². The lowest BCUT2D eigenvalue weighted by atomic mass is 10.2. The summed E-state index contributed by atoms with van der Waals surface area (Å²) in [6.45, 7) is 0.714. The molecule has 1 fully saturated rings. The van der Waals surface area contributed by atoms with Crippen LogP contribution in [0.25, 0.3) is 0 Å². The van der Waals surface area contributed by atoms with Crippen molar-refractivity contribution >= 4 is 15.9 Å². The van der Waals surface area contributed by atoms with Crippen LogP contribution in [0.1, 0.15) is 25.5 Å². The van der Waals surface area contributed by atoms with E-state index in [0.717, 1.165) is 19.3 Å². The van der Waals surface area contributed by atoms with Crippen LogP contribution in [0.15, 0.2) is 21.5 Å². The van der Waals surface area contributed by atoms with Crippen LogP contribution >= 0.6 is 15.9 Å². The molecule has 0 bridgehead atoms. The van der Waals surface area contributed by atoms with Gasteiger partial charge in [0.15, 0.2) is 6.23 Å². The zero-order valence-electron chi connectivity index (χ0n) is 7.65. The summed E-state index contributed by atoms with van der Waals surface area (Å²) < 4.78 is 7.54. The number of halogens is 1. The molecule has 1 aromatic heterocycles. The second-order valence-electron chi connectivity index (χ2n) is 3.26. The summed E-state index contributed by atoms with van der Waals surface area (Å²) in [4.78, 5) is 11.5. The van der Waals surface area contributed by atoms with E-state index in [-0.39, 0.29) is 11.8 Å². The SMILES string of the molecule is O=c1ccc(Br)nn1C1CCCCO1. The van der Waals surface area contributed by atoms with Crippen LogP contribution in [0.5, 0.6) is 0 Å². The van der Waals surface area contributed by atoms with Crippen molar-refractivity contribution in [3.8, 4) is 0 Å². The van der Waals surface area contributed by atoms with Gasteiger partial charge in [-0.25, -0.2) is 0 Å². The first-order valence-electron chi connectivity index (χ1n) is 4.64. The van der Waals surface area contributed by atoms with Gasteiger partial charge in [0, 0.05) is 12.7 Å². The van der Waals surface area contributed by atoms with E-state index in [1.54, 1.807) is 6.07 Å². The zero-order chi connectivity index (χ0) is 9.97. The number of ether oxygens (including phenoxy) is 1. The molecule has 1 atom stereocenters. The van der Waals surface area contributed by atoms with Gasteiger partial charge in [0.1, 0.15) is 4.60 Å². The first-order valence-corrected chi connectivity index (χ1v) is 5.43. The van der Waals surface area contributed by atoms with Gasteiger partial charge in [-0.1, -0.05) is 0 Å². The van der Waals surface area contributed by atoms with E-state index in [9.17, 15) is 4.79 Å². The molecule has 1 aliphatic heterocycles. The van der Waals surface area contributed by atoms with Crippen molar-refractivity contribution in [2.24, 2.45) is 0 Å². The Bertz CT molecular complexity index is 371. The number of hydrogen-bond acceptors (Lipinski definition) is 3. The van der Waals surface area contributed by atoms with Crippen molar-refractivity contribution in [2.75, 3.05) is 6.61 Å². The minimum absolute atomic E-state index is 0.111. The highest BCUT2D eigenvalue weighted by Gasteiger charge is 2.17. The van der Waals surface area contributed by atoms with Gasteiger partial charge in [0.05, 0.1) is 0 Å². The largest absolute Gasteiger partial charge is 0.356 e. The van der Waals surface area contributed by atoms with Crippen LogP contribution in [0, 0.1) is 0 Å². The fraction of sp³-hybridized carbons (Fsp3) is 0.556. The van der Waals surface area contributed by atoms with Crippen LogP contribution < -0.4 is 5.56 Å². The average Bonchev–Trinajstić information content (AvgIpc) is 2.23. The Labute approximate surface area is 90.0 Å². The summed E-state index contributed by atoms with van der Waals surface area (Å²) in [7, 11) is 0. The highest BCUT2D eigenvalue weighted by Crippen LogP contribution is 2.20. The summed E-state index contributed by atoms with van der Waals surface area (Å²) in [5.41, 5.74) is -0.111. The maximum Gasteiger partial charge on any atom is 0.269 e. The second kappa shape index (κ2) is 4.23. The monoisotopic (exact) mass is 258 g/mol. The van der Waals surface area contributed by atoms with E-state index >= 15 is 0 Å². The molecule has 0 aromatic carbocycles. The molecule has 0 saturated carbocycles. The number of rotatable bonds is 1. The number of hydrogen-bond donors (Lipinski definition) is 0. The molecular formula is C9H11BrN2O2. The predicted octanol–water partition coefficient (Wildman–Crippen LogP) is 1.70. The van der Waals surface area contributed by atoms with Crippen molar-refractivity contribution in [2.45, 2.75) is 25.5 Å². The molecule has 5 heteroatoms. The van der Waals surface area contributed by atoms with Gasteiger partial charge in [-0.3, -0.25) is 4.79 Å². The molecule has 1 saturated heterocycles. The lowest BCUT2D eigenvalue weighted by Crippen LogP contribution is -2.30. The number of aromatic nitrogens is 2. The summed E-state index contributed by atoms with van der Waals surface area (Å²) in [6, 6.07) is 3.14. The first-order chi connectivity index (χ1) is 6.77. The Morgan fingerprint density at radius 3 is 3.07 bits per heavy atom. The van der Waals surface area contributed by atoms with Gasteiger partial charge in [0.2, 0.25) is 0 Å². The topological polar surface area (TPSA) is 44.1 Å². The highest BCUT2D eigenvalue weighted by molar-refractivity contribution is 9.10. The van der Waals surface area contributed by atoms with Crippen LogP contribution in [-0.2, 0) is 4.74 Å². The van der Waals surface area contributed by atoms with Crippen LogP contribution in [0.4, 0.5) is 0 Å². The van der Waals surface area contributed by atoms with Crippen LogP contribution in [0.2, 0.25) is 0 Å². The fourth-order valence-electron chi connectivity index (χ4n) is 1.52. The minimum atomic E-state index is -0.186. The van der Waals surface area contributed by atoms with Gasteiger partial charge in [-0.05, 0) is 41.3 Å². The molecule has 1 aliphatic rings. The van der Waals surface area contributed by atoms with Gasteiger partial charge in [-0.2, -0.15) is 9.78 Å². The smallest absolute Gasteiger partial charge is 0.269 e. The van der Waals surface area contributed by atoms with E-state index in [1.807, 2.05) is 0 Å². The lowest BCUT2D eigenvalue weighted by molar-refractivity contribution is -0.0427. The molecule has 1 aromatic rings. The summed E-state index contributed by atoms with van der Waals surface area (Å²) in [5, 5.41) is 4.09. The minimum Gasteiger partial charge on any atom is -0.356 e. The predicted molar refractivity (Wildman–Crippen MR) is 55.0 cm³/mol. The standard InChI is InChI=1S/C9H11BrN2O2/c10-7-4-5-8(13)12(11-7)9-3-1-2-6-14-9/h4-5,9H,1-3,6H2. The fourth-order valence-corrected chi connectivity index (χ4v) is 1.83. The molecule has 2 rings (SSSR count). The molecule has 4 nitrogen and oxygen atoms in total. The quantitative estimate of drug-likeness (QED) is 0.771. The van der Waals surface area contributed by atoms with Crippen molar-refractivity contribution in [3.63, 3.8) is 0 Å². The molecule has 0 aliphatic carbocycles. The maximum absolute atomic E-state index is 11.5. The molecule has 2 heterocycles. The van der Waals surface area contributed by atoms with E-state index in [1.165, 1.54) is 10.7 Å². The summed E-state index contributed by atoms with van der Waals surface area (Å²) >= 11 is 3.24. The number of nitrogens with zero attached hydrogens (tertiary/aromatic N) is 2. The molecule has 0 amide bonds. The third-order valence-electron chi connectivity index (χ3n) is 2.22. The van der Waals surface area contributed by atoms with Crippen molar-refractivity contribution in [1.82, 2.24) is 9.78 Å². The molecule has 0 spiro atoms. The Morgan fingerprint density at radius 1 is 1.50 bits per heavy atom. The average molecular weight is 259 g/mol. The molecular weight excluding hydrogens is 248 g/mol.